The van der Waals surface area contributed by atoms with Crippen molar-refractivity contribution >= 4 is 12.1 Å². The molecule has 1 amide bonds. The van der Waals surface area contributed by atoms with Crippen molar-refractivity contribution in [1.29, 1.82) is 0 Å². The summed E-state index contributed by atoms with van der Waals surface area (Å²) in [4.78, 5) is 24.8. The summed E-state index contributed by atoms with van der Waals surface area (Å²) in [5.74, 6) is -0.349. The van der Waals surface area contributed by atoms with Gasteiger partial charge in [0.15, 0.2) is 0 Å². The summed E-state index contributed by atoms with van der Waals surface area (Å²) in [7, 11) is 1.70. The van der Waals surface area contributed by atoms with Crippen molar-refractivity contribution in [2.45, 2.75) is 19.6 Å². The number of hydrogen-bond donors (Lipinski definition) is 2. The lowest BCUT2D eigenvalue weighted by Gasteiger charge is -2.22. The molecular formula is C16H24N2O5. The first kappa shape index (κ1) is 18.9. The van der Waals surface area contributed by atoms with Gasteiger partial charge in [0.2, 0.25) is 0 Å². The lowest BCUT2D eigenvalue weighted by Crippen LogP contribution is -2.46. The predicted molar refractivity (Wildman–Crippen MR) is 84.8 cm³/mol. The zero-order valence-corrected chi connectivity index (χ0v) is 13.5. The van der Waals surface area contributed by atoms with Crippen molar-refractivity contribution in [2.75, 3.05) is 33.4 Å². The Bertz CT molecular complexity index is 481. The van der Waals surface area contributed by atoms with Crippen LogP contribution in [0.4, 0.5) is 4.79 Å². The maximum atomic E-state index is 11.7. The molecule has 0 unspecified atom stereocenters. The predicted octanol–water partition coefficient (Wildman–Crippen LogP) is 0.769. The average Bonchev–Trinajstić information content (AvgIpc) is 2.53. The molecule has 23 heavy (non-hydrogen) atoms. The van der Waals surface area contributed by atoms with Gasteiger partial charge in [-0.25, -0.2) is 4.79 Å². The van der Waals surface area contributed by atoms with E-state index in [0.717, 1.165) is 5.56 Å². The smallest absolute Gasteiger partial charge is 0.407 e. The Labute approximate surface area is 136 Å². The van der Waals surface area contributed by atoms with Crippen molar-refractivity contribution in [1.82, 2.24) is 10.2 Å². The Balaban J connectivity index is 2.33. The van der Waals surface area contributed by atoms with Gasteiger partial charge in [0, 0.05) is 6.54 Å². The molecule has 0 aromatic heterocycles. The zero-order chi connectivity index (χ0) is 17.1. The van der Waals surface area contributed by atoms with Gasteiger partial charge in [0.1, 0.15) is 6.61 Å². The van der Waals surface area contributed by atoms with E-state index in [2.05, 4.69) is 5.32 Å². The van der Waals surface area contributed by atoms with Crippen molar-refractivity contribution in [3.05, 3.63) is 35.9 Å². The molecule has 0 aliphatic carbocycles. The molecule has 0 bridgehead atoms. The summed E-state index contributed by atoms with van der Waals surface area (Å²) in [6.07, 6.45) is -0.613. The molecule has 0 saturated heterocycles. The van der Waals surface area contributed by atoms with Crippen molar-refractivity contribution in [3.8, 4) is 0 Å². The number of carbonyl (C=O) groups excluding carboxylic acids is 2. The lowest BCUT2D eigenvalue weighted by molar-refractivity contribution is -0.144. The number of carbonyl (C=O) groups is 2. The standard InChI is InChI=1S/C16H24N2O5/c1-3-22-15(20)10-18(2)9-14(11-19)17-16(21)23-12-13-7-5-4-6-8-13/h4-8,14,19H,3,9-12H2,1-2H3,(H,17,21)/t14-/m1/s1. The fourth-order valence-corrected chi connectivity index (χ4v) is 1.95. The van der Waals surface area contributed by atoms with E-state index in [1.165, 1.54) is 0 Å². The summed E-state index contributed by atoms with van der Waals surface area (Å²) in [6.45, 7) is 2.34. The Hall–Kier alpha value is -2.12. The third-order valence-electron chi connectivity index (χ3n) is 2.99. The molecule has 2 N–H and O–H groups in total. The molecule has 0 saturated carbocycles. The monoisotopic (exact) mass is 324 g/mol. The molecule has 1 atom stereocenters. The summed E-state index contributed by atoms with van der Waals surface area (Å²) in [5.41, 5.74) is 0.877. The first-order chi connectivity index (χ1) is 11.0. The Morgan fingerprint density at radius 3 is 2.57 bits per heavy atom. The molecule has 7 nitrogen and oxygen atoms in total. The molecule has 1 aromatic rings. The fourth-order valence-electron chi connectivity index (χ4n) is 1.95. The van der Waals surface area contributed by atoms with Crippen LogP contribution in [-0.4, -0.2) is 61.5 Å². The third kappa shape index (κ3) is 8.18. The van der Waals surface area contributed by atoms with Gasteiger partial charge in [-0.1, -0.05) is 30.3 Å². The Morgan fingerprint density at radius 1 is 1.26 bits per heavy atom. The van der Waals surface area contributed by atoms with Gasteiger partial charge >= 0.3 is 12.1 Å². The number of rotatable bonds is 9. The van der Waals surface area contributed by atoms with Crippen LogP contribution < -0.4 is 5.32 Å². The van der Waals surface area contributed by atoms with Crippen LogP contribution in [0.5, 0.6) is 0 Å². The summed E-state index contributed by atoms with van der Waals surface area (Å²) >= 11 is 0. The molecule has 0 fully saturated rings. The van der Waals surface area contributed by atoms with Gasteiger partial charge in [0.25, 0.3) is 0 Å². The number of benzene rings is 1. The second-order valence-electron chi connectivity index (χ2n) is 5.09. The fraction of sp³-hybridized carbons (Fsp3) is 0.500. The summed E-state index contributed by atoms with van der Waals surface area (Å²) in [6, 6.07) is 8.77. The molecule has 1 rings (SSSR count). The highest BCUT2D eigenvalue weighted by atomic mass is 16.5. The number of likely N-dealkylation sites (N-methyl/N-ethyl adjacent to an activating group) is 1. The van der Waals surface area contributed by atoms with E-state index in [1.54, 1.807) is 18.9 Å². The van der Waals surface area contributed by atoms with Crippen molar-refractivity contribution in [2.24, 2.45) is 0 Å². The van der Waals surface area contributed by atoms with Crippen LogP contribution in [0.3, 0.4) is 0 Å². The molecular weight excluding hydrogens is 300 g/mol. The number of esters is 1. The highest BCUT2D eigenvalue weighted by Gasteiger charge is 2.16. The second kappa shape index (κ2) is 10.6. The maximum absolute atomic E-state index is 11.7. The highest BCUT2D eigenvalue weighted by molar-refractivity contribution is 5.71. The molecule has 0 aliphatic rings. The number of aliphatic hydroxyl groups excluding tert-OH is 1. The van der Waals surface area contributed by atoms with Crippen LogP contribution >= 0.6 is 0 Å². The number of nitrogens with one attached hydrogen (secondary N) is 1. The number of amides is 1. The van der Waals surface area contributed by atoms with E-state index in [-0.39, 0.29) is 25.7 Å². The van der Waals surface area contributed by atoms with E-state index in [0.29, 0.717) is 13.2 Å². The minimum atomic E-state index is -0.613. The molecule has 1 aromatic carbocycles. The van der Waals surface area contributed by atoms with Crippen LogP contribution in [0.1, 0.15) is 12.5 Å². The summed E-state index contributed by atoms with van der Waals surface area (Å²) < 4.78 is 9.93. The third-order valence-corrected chi connectivity index (χ3v) is 2.99. The number of hydrogen-bond acceptors (Lipinski definition) is 6. The van der Waals surface area contributed by atoms with E-state index >= 15 is 0 Å². The first-order valence-electron chi connectivity index (χ1n) is 7.47. The normalized spacial score (nSPS) is 11.8. The van der Waals surface area contributed by atoms with E-state index in [1.807, 2.05) is 30.3 Å². The molecule has 0 spiro atoms. The highest BCUT2D eigenvalue weighted by Crippen LogP contribution is 2.01. The van der Waals surface area contributed by atoms with Crippen LogP contribution in [-0.2, 0) is 20.9 Å². The zero-order valence-electron chi connectivity index (χ0n) is 13.5. The molecule has 128 valence electrons. The SMILES string of the molecule is CCOC(=O)CN(C)C[C@H](CO)NC(=O)OCc1ccccc1. The molecule has 7 heteroatoms. The van der Waals surface area contributed by atoms with Crippen LogP contribution in [0.15, 0.2) is 30.3 Å². The molecule has 0 radical (unpaired) electrons. The Morgan fingerprint density at radius 2 is 1.96 bits per heavy atom. The van der Waals surface area contributed by atoms with Gasteiger partial charge in [-0.3, -0.25) is 9.69 Å². The van der Waals surface area contributed by atoms with Crippen LogP contribution in [0.25, 0.3) is 0 Å². The number of ether oxygens (including phenoxy) is 2. The minimum absolute atomic E-state index is 0.0884. The van der Waals surface area contributed by atoms with Gasteiger partial charge in [0.05, 0.1) is 25.8 Å². The lowest BCUT2D eigenvalue weighted by atomic mass is 10.2. The van der Waals surface area contributed by atoms with E-state index < -0.39 is 12.1 Å². The maximum Gasteiger partial charge on any atom is 0.407 e. The largest absolute Gasteiger partial charge is 0.465 e. The van der Waals surface area contributed by atoms with E-state index in [4.69, 9.17) is 9.47 Å². The van der Waals surface area contributed by atoms with Crippen LogP contribution in [0, 0.1) is 0 Å². The Kier molecular flexibility index (Phi) is 8.71. The topological polar surface area (TPSA) is 88.1 Å². The number of alkyl carbamates (subject to hydrolysis) is 1. The van der Waals surface area contributed by atoms with E-state index in [9.17, 15) is 14.7 Å². The number of aliphatic hydroxyl groups is 1. The van der Waals surface area contributed by atoms with Gasteiger partial charge in [-0.15, -0.1) is 0 Å². The van der Waals surface area contributed by atoms with Crippen molar-refractivity contribution < 1.29 is 24.2 Å². The minimum Gasteiger partial charge on any atom is -0.465 e. The number of nitrogens with zero attached hydrogens (tertiary/aromatic N) is 1. The molecule has 0 aliphatic heterocycles. The first-order valence-corrected chi connectivity index (χ1v) is 7.47. The van der Waals surface area contributed by atoms with Gasteiger partial charge < -0.3 is 19.9 Å². The van der Waals surface area contributed by atoms with Crippen molar-refractivity contribution in [3.63, 3.8) is 0 Å². The summed E-state index contributed by atoms with van der Waals surface area (Å²) in [5, 5.41) is 11.9. The second-order valence-corrected chi connectivity index (χ2v) is 5.09. The average molecular weight is 324 g/mol. The quantitative estimate of drug-likeness (QED) is 0.652. The molecule has 0 heterocycles. The van der Waals surface area contributed by atoms with Gasteiger partial charge in [-0.2, -0.15) is 0 Å². The van der Waals surface area contributed by atoms with Crippen LogP contribution in [0.2, 0.25) is 0 Å². The van der Waals surface area contributed by atoms with Gasteiger partial charge in [-0.05, 0) is 19.5 Å².